The first-order chi connectivity index (χ1) is 14.1. The molecule has 3 aromatic rings. The molecule has 0 radical (unpaired) electrons. The summed E-state index contributed by atoms with van der Waals surface area (Å²) in [6.07, 6.45) is 1.74. The standard InChI is InChI=1S/C23H16Cl2N2O2/c1-29-21-5-3-2-4-19(21)22-26-20(14-15-6-8-16(24)9-7-15)23(28)27(22)18-12-10-17(25)11-13-18/h2-14H,1H3/b20-14+. The van der Waals surface area contributed by atoms with E-state index >= 15 is 0 Å². The molecule has 4 rings (SSSR count). The first-order valence-electron chi connectivity index (χ1n) is 8.86. The largest absolute Gasteiger partial charge is 0.496 e. The van der Waals surface area contributed by atoms with Crippen molar-refractivity contribution in [2.45, 2.75) is 0 Å². The summed E-state index contributed by atoms with van der Waals surface area (Å²) in [6.45, 7) is 0. The van der Waals surface area contributed by atoms with Crippen molar-refractivity contribution in [2.24, 2.45) is 4.99 Å². The fourth-order valence-electron chi connectivity index (χ4n) is 3.07. The Labute approximate surface area is 178 Å². The Morgan fingerprint density at radius 2 is 1.52 bits per heavy atom. The van der Waals surface area contributed by atoms with Gasteiger partial charge in [-0.25, -0.2) is 4.99 Å². The fourth-order valence-corrected chi connectivity index (χ4v) is 3.33. The molecule has 4 nitrogen and oxygen atoms in total. The van der Waals surface area contributed by atoms with Crippen LogP contribution in [0, 0.1) is 0 Å². The van der Waals surface area contributed by atoms with Gasteiger partial charge in [-0.15, -0.1) is 0 Å². The number of benzene rings is 3. The lowest BCUT2D eigenvalue weighted by Crippen LogP contribution is -2.32. The Hall–Kier alpha value is -3.08. The first-order valence-corrected chi connectivity index (χ1v) is 9.62. The zero-order valence-corrected chi connectivity index (χ0v) is 17.0. The summed E-state index contributed by atoms with van der Waals surface area (Å²) >= 11 is 12.0. The van der Waals surface area contributed by atoms with E-state index in [-0.39, 0.29) is 5.91 Å². The van der Waals surface area contributed by atoms with Gasteiger partial charge in [-0.1, -0.05) is 47.5 Å². The predicted molar refractivity (Wildman–Crippen MR) is 118 cm³/mol. The summed E-state index contributed by atoms with van der Waals surface area (Å²) < 4.78 is 5.49. The molecule has 0 N–H and O–H groups in total. The number of para-hydroxylation sites is 1. The minimum absolute atomic E-state index is 0.233. The SMILES string of the molecule is COc1ccccc1C1=N/C(=C/c2ccc(Cl)cc2)C(=O)N1c1ccc(Cl)cc1. The molecule has 0 unspecified atom stereocenters. The maximum atomic E-state index is 13.3. The van der Waals surface area contributed by atoms with Gasteiger partial charge >= 0.3 is 0 Å². The average molecular weight is 423 g/mol. The third kappa shape index (κ3) is 3.90. The molecular formula is C23H16Cl2N2O2. The van der Waals surface area contributed by atoms with Crippen molar-refractivity contribution in [3.8, 4) is 5.75 Å². The van der Waals surface area contributed by atoms with E-state index in [0.717, 1.165) is 11.1 Å². The second-order valence-corrected chi connectivity index (χ2v) is 7.21. The minimum Gasteiger partial charge on any atom is -0.496 e. The Kier molecular flexibility index (Phi) is 5.38. The van der Waals surface area contributed by atoms with Crippen LogP contribution in [0.3, 0.4) is 0 Å². The Morgan fingerprint density at radius 3 is 2.17 bits per heavy atom. The highest BCUT2D eigenvalue weighted by Crippen LogP contribution is 2.31. The van der Waals surface area contributed by atoms with Crippen LogP contribution in [0.5, 0.6) is 5.75 Å². The van der Waals surface area contributed by atoms with E-state index in [2.05, 4.69) is 4.99 Å². The number of methoxy groups -OCH3 is 1. The fraction of sp³-hybridized carbons (Fsp3) is 0.0435. The molecule has 0 aromatic heterocycles. The molecule has 29 heavy (non-hydrogen) atoms. The lowest BCUT2D eigenvalue weighted by Gasteiger charge is -2.20. The van der Waals surface area contributed by atoms with E-state index < -0.39 is 0 Å². The third-order valence-electron chi connectivity index (χ3n) is 4.47. The average Bonchev–Trinajstić information content (AvgIpc) is 3.06. The van der Waals surface area contributed by atoms with Gasteiger partial charge in [0.25, 0.3) is 5.91 Å². The number of ether oxygens (including phenoxy) is 1. The summed E-state index contributed by atoms with van der Waals surface area (Å²) in [7, 11) is 1.59. The number of anilines is 1. The molecule has 0 atom stereocenters. The molecule has 0 spiro atoms. The Morgan fingerprint density at radius 1 is 0.897 bits per heavy atom. The highest BCUT2D eigenvalue weighted by Gasteiger charge is 2.33. The molecule has 0 saturated heterocycles. The van der Waals surface area contributed by atoms with E-state index in [1.54, 1.807) is 54.5 Å². The summed E-state index contributed by atoms with van der Waals surface area (Å²) in [4.78, 5) is 19.5. The molecule has 0 saturated carbocycles. The molecule has 1 amide bonds. The second-order valence-electron chi connectivity index (χ2n) is 6.33. The maximum Gasteiger partial charge on any atom is 0.282 e. The summed E-state index contributed by atoms with van der Waals surface area (Å²) in [5.74, 6) is 0.893. The van der Waals surface area contributed by atoms with Crippen molar-refractivity contribution in [1.29, 1.82) is 0 Å². The van der Waals surface area contributed by atoms with Gasteiger partial charge in [0.15, 0.2) is 5.84 Å². The predicted octanol–water partition coefficient (Wildman–Crippen LogP) is 5.84. The molecule has 1 heterocycles. The van der Waals surface area contributed by atoms with Crippen LogP contribution in [0.25, 0.3) is 6.08 Å². The van der Waals surface area contributed by atoms with Crippen LogP contribution < -0.4 is 9.64 Å². The van der Waals surface area contributed by atoms with Crippen LogP contribution in [0.4, 0.5) is 5.69 Å². The molecule has 3 aromatic carbocycles. The van der Waals surface area contributed by atoms with Crippen molar-refractivity contribution >= 4 is 46.7 Å². The van der Waals surface area contributed by atoms with Crippen LogP contribution in [0.15, 0.2) is 83.5 Å². The van der Waals surface area contributed by atoms with Crippen molar-refractivity contribution in [3.05, 3.63) is 99.7 Å². The van der Waals surface area contributed by atoms with Gasteiger partial charge in [0, 0.05) is 10.0 Å². The van der Waals surface area contributed by atoms with Crippen LogP contribution in [0.1, 0.15) is 11.1 Å². The smallest absolute Gasteiger partial charge is 0.282 e. The van der Waals surface area contributed by atoms with E-state index in [9.17, 15) is 4.79 Å². The van der Waals surface area contributed by atoms with Crippen LogP contribution in [-0.4, -0.2) is 18.9 Å². The lowest BCUT2D eigenvalue weighted by molar-refractivity contribution is -0.113. The van der Waals surface area contributed by atoms with Crippen molar-refractivity contribution in [2.75, 3.05) is 12.0 Å². The lowest BCUT2D eigenvalue weighted by atomic mass is 10.1. The molecular weight excluding hydrogens is 407 g/mol. The van der Waals surface area contributed by atoms with E-state index in [1.807, 2.05) is 36.4 Å². The topological polar surface area (TPSA) is 41.9 Å². The Bertz CT molecular complexity index is 1120. The van der Waals surface area contributed by atoms with Crippen molar-refractivity contribution in [3.63, 3.8) is 0 Å². The third-order valence-corrected chi connectivity index (χ3v) is 4.97. The number of amides is 1. The zero-order chi connectivity index (χ0) is 20.4. The molecule has 0 aliphatic carbocycles. The number of aliphatic imine (C=N–C) groups is 1. The number of amidine groups is 1. The number of hydrogen-bond acceptors (Lipinski definition) is 3. The maximum absolute atomic E-state index is 13.3. The number of carbonyl (C=O) groups excluding carboxylic acids is 1. The van der Waals surface area contributed by atoms with Crippen molar-refractivity contribution in [1.82, 2.24) is 0 Å². The van der Waals surface area contributed by atoms with Crippen LogP contribution >= 0.6 is 23.2 Å². The van der Waals surface area contributed by atoms with Gasteiger partial charge in [-0.2, -0.15) is 0 Å². The van der Waals surface area contributed by atoms with E-state index in [1.165, 1.54) is 0 Å². The number of carbonyl (C=O) groups is 1. The summed E-state index contributed by atoms with van der Waals surface area (Å²) in [6, 6.07) is 21.7. The number of hydrogen-bond donors (Lipinski definition) is 0. The minimum atomic E-state index is -0.233. The number of rotatable bonds is 4. The number of halogens is 2. The molecule has 0 bridgehead atoms. The van der Waals surface area contributed by atoms with E-state index in [0.29, 0.717) is 33.0 Å². The normalized spacial score (nSPS) is 15.0. The highest BCUT2D eigenvalue weighted by molar-refractivity contribution is 6.34. The van der Waals surface area contributed by atoms with Gasteiger partial charge in [0.1, 0.15) is 11.4 Å². The second kappa shape index (κ2) is 8.11. The van der Waals surface area contributed by atoms with Gasteiger partial charge in [-0.3, -0.25) is 9.69 Å². The summed E-state index contributed by atoms with van der Waals surface area (Å²) in [5.41, 5.74) is 2.54. The van der Waals surface area contributed by atoms with Gasteiger partial charge in [0.2, 0.25) is 0 Å². The molecule has 6 heteroatoms. The highest BCUT2D eigenvalue weighted by atomic mass is 35.5. The van der Waals surface area contributed by atoms with Crippen LogP contribution in [0.2, 0.25) is 10.0 Å². The summed E-state index contributed by atoms with van der Waals surface area (Å²) in [5, 5.41) is 1.22. The van der Waals surface area contributed by atoms with E-state index in [4.69, 9.17) is 27.9 Å². The van der Waals surface area contributed by atoms with Gasteiger partial charge in [0.05, 0.1) is 18.4 Å². The Balaban J connectivity index is 1.85. The molecule has 1 aliphatic heterocycles. The zero-order valence-electron chi connectivity index (χ0n) is 15.5. The molecule has 1 aliphatic rings. The van der Waals surface area contributed by atoms with Crippen molar-refractivity contribution < 1.29 is 9.53 Å². The number of nitrogens with zero attached hydrogens (tertiary/aromatic N) is 2. The van der Waals surface area contributed by atoms with Crippen LogP contribution in [-0.2, 0) is 4.79 Å². The quantitative estimate of drug-likeness (QED) is 0.495. The molecule has 144 valence electrons. The van der Waals surface area contributed by atoms with Gasteiger partial charge < -0.3 is 4.74 Å². The first kappa shape index (κ1) is 19.2. The van der Waals surface area contributed by atoms with Gasteiger partial charge in [-0.05, 0) is 60.2 Å². The molecule has 0 fully saturated rings. The monoisotopic (exact) mass is 422 g/mol.